The van der Waals surface area contributed by atoms with E-state index < -0.39 is 5.60 Å². The molecule has 2 unspecified atom stereocenters. The van der Waals surface area contributed by atoms with Crippen LogP contribution in [0, 0.1) is 11.3 Å². The molecule has 10 heteroatoms. The molecule has 4 rings (SSSR count). The van der Waals surface area contributed by atoms with Crippen molar-refractivity contribution in [3.05, 3.63) is 11.3 Å². The van der Waals surface area contributed by atoms with Crippen molar-refractivity contribution in [3.63, 3.8) is 0 Å². The summed E-state index contributed by atoms with van der Waals surface area (Å²) in [6.07, 6.45) is 5.74. The zero-order chi connectivity index (χ0) is 27.7. The standard InChI is InChI=1S/C28H46N6O4/c1-18(2)11-19(12-23(36)29-6)30-24-21-9-7-8-10-22(21)31-25(32-24)34-17-28(13-20(34)14-35)15-33(16-28)26(37)38-27(3,4)5/h18-20,35H,7-17H2,1-6H3,(H,29,36)(H,30,31,32). The molecular weight excluding hydrogens is 484 g/mol. The lowest BCUT2D eigenvalue weighted by Gasteiger charge is -2.47. The fourth-order valence-corrected chi connectivity index (χ4v) is 6.12. The van der Waals surface area contributed by atoms with Gasteiger partial charge in [0.15, 0.2) is 0 Å². The van der Waals surface area contributed by atoms with E-state index in [0.717, 1.165) is 55.6 Å². The number of anilines is 2. The molecule has 2 aliphatic heterocycles. The van der Waals surface area contributed by atoms with Crippen LogP contribution in [-0.2, 0) is 22.4 Å². The minimum atomic E-state index is -0.527. The number of amides is 2. The van der Waals surface area contributed by atoms with E-state index in [9.17, 15) is 14.7 Å². The molecule has 0 saturated carbocycles. The second-order valence-electron chi connectivity index (χ2n) is 12.9. The SMILES string of the molecule is CNC(=O)CC(CC(C)C)Nc1nc(N2CC3(CC2CO)CN(C(=O)OC(C)(C)C)C3)nc2c1CCCC2. The number of aromatic nitrogens is 2. The van der Waals surface area contributed by atoms with Crippen molar-refractivity contribution in [2.45, 2.75) is 97.2 Å². The Kier molecular flexibility index (Phi) is 8.40. The number of aliphatic hydroxyl groups is 1. The summed E-state index contributed by atoms with van der Waals surface area (Å²) in [4.78, 5) is 38.7. The van der Waals surface area contributed by atoms with E-state index in [2.05, 4.69) is 29.4 Å². The van der Waals surface area contributed by atoms with Crippen molar-refractivity contribution in [1.82, 2.24) is 20.2 Å². The molecular formula is C28H46N6O4. The predicted molar refractivity (Wildman–Crippen MR) is 147 cm³/mol. The van der Waals surface area contributed by atoms with Gasteiger partial charge in [-0.15, -0.1) is 0 Å². The van der Waals surface area contributed by atoms with Crippen molar-refractivity contribution in [2.24, 2.45) is 11.3 Å². The molecule has 1 aliphatic carbocycles. The number of fused-ring (bicyclic) bond motifs is 1. The molecule has 1 aromatic rings. The average Bonchev–Trinajstić information content (AvgIpc) is 3.22. The molecule has 3 aliphatic rings. The van der Waals surface area contributed by atoms with Gasteiger partial charge in [-0.25, -0.2) is 9.78 Å². The minimum Gasteiger partial charge on any atom is -0.444 e. The van der Waals surface area contributed by atoms with Gasteiger partial charge < -0.3 is 30.3 Å². The molecule has 38 heavy (non-hydrogen) atoms. The maximum atomic E-state index is 12.5. The van der Waals surface area contributed by atoms with Crippen LogP contribution in [0.15, 0.2) is 0 Å². The highest BCUT2D eigenvalue weighted by Crippen LogP contribution is 2.44. The van der Waals surface area contributed by atoms with Gasteiger partial charge >= 0.3 is 6.09 Å². The molecule has 212 valence electrons. The molecule has 10 nitrogen and oxygen atoms in total. The number of rotatable bonds is 8. The van der Waals surface area contributed by atoms with Gasteiger partial charge in [0.25, 0.3) is 0 Å². The Morgan fingerprint density at radius 2 is 1.87 bits per heavy atom. The van der Waals surface area contributed by atoms with Crippen LogP contribution < -0.4 is 15.5 Å². The summed E-state index contributed by atoms with van der Waals surface area (Å²) in [5.41, 5.74) is 1.59. The number of nitrogens with one attached hydrogen (secondary N) is 2. The topological polar surface area (TPSA) is 120 Å². The summed E-state index contributed by atoms with van der Waals surface area (Å²) < 4.78 is 5.55. The number of carbonyl (C=O) groups is 2. The summed E-state index contributed by atoms with van der Waals surface area (Å²) in [6.45, 7) is 11.8. The van der Waals surface area contributed by atoms with Gasteiger partial charge in [-0.3, -0.25) is 4.79 Å². The molecule has 0 bridgehead atoms. The van der Waals surface area contributed by atoms with Crippen molar-refractivity contribution in [2.75, 3.05) is 43.5 Å². The Bertz CT molecular complexity index is 1020. The van der Waals surface area contributed by atoms with E-state index in [4.69, 9.17) is 14.7 Å². The molecule has 2 atom stereocenters. The molecule has 2 saturated heterocycles. The molecule has 3 N–H and O–H groups in total. The van der Waals surface area contributed by atoms with Crippen molar-refractivity contribution in [3.8, 4) is 0 Å². The maximum absolute atomic E-state index is 12.5. The van der Waals surface area contributed by atoms with Crippen LogP contribution in [0.25, 0.3) is 0 Å². The minimum absolute atomic E-state index is 0.00401. The summed E-state index contributed by atoms with van der Waals surface area (Å²) in [5.74, 6) is 1.88. The first-order valence-corrected chi connectivity index (χ1v) is 14.1. The Morgan fingerprint density at radius 1 is 1.16 bits per heavy atom. The van der Waals surface area contributed by atoms with Gasteiger partial charge in [-0.1, -0.05) is 13.8 Å². The smallest absolute Gasteiger partial charge is 0.410 e. The molecule has 1 spiro atoms. The molecule has 1 aromatic heterocycles. The average molecular weight is 531 g/mol. The molecule has 0 aromatic carbocycles. The van der Waals surface area contributed by atoms with Gasteiger partial charge in [0.2, 0.25) is 11.9 Å². The summed E-state index contributed by atoms with van der Waals surface area (Å²) in [7, 11) is 1.67. The Hall–Kier alpha value is -2.62. The van der Waals surface area contributed by atoms with Gasteiger partial charge in [0, 0.05) is 50.1 Å². The van der Waals surface area contributed by atoms with E-state index in [0.29, 0.717) is 37.9 Å². The van der Waals surface area contributed by atoms with Crippen LogP contribution in [0.2, 0.25) is 0 Å². The highest BCUT2D eigenvalue weighted by molar-refractivity contribution is 5.76. The first-order valence-electron chi connectivity index (χ1n) is 14.1. The van der Waals surface area contributed by atoms with E-state index in [1.54, 1.807) is 11.9 Å². The molecule has 3 heterocycles. The first-order chi connectivity index (χ1) is 17.9. The van der Waals surface area contributed by atoms with Crippen LogP contribution >= 0.6 is 0 Å². The predicted octanol–water partition coefficient (Wildman–Crippen LogP) is 3.13. The molecule has 2 amide bonds. The normalized spacial score (nSPS) is 21.2. The Morgan fingerprint density at radius 3 is 2.50 bits per heavy atom. The van der Waals surface area contributed by atoms with Gasteiger partial charge in [0.05, 0.1) is 18.3 Å². The zero-order valence-electron chi connectivity index (χ0n) is 24.0. The van der Waals surface area contributed by atoms with Crippen molar-refractivity contribution in [1.29, 1.82) is 0 Å². The van der Waals surface area contributed by atoms with E-state index in [-0.39, 0.29) is 36.1 Å². The molecule has 0 radical (unpaired) electrons. The zero-order valence-corrected chi connectivity index (χ0v) is 24.0. The van der Waals surface area contributed by atoms with Crippen LogP contribution in [0.3, 0.4) is 0 Å². The van der Waals surface area contributed by atoms with Crippen LogP contribution in [0.5, 0.6) is 0 Å². The fraction of sp³-hybridized carbons (Fsp3) is 0.786. The number of carbonyl (C=O) groups excluding carboxylic acids is 2. The van der Waals surface area contributed by atoms with E-state index >= 15 is 0 Å². The van der Waals surface area contributed by atoms with E-state index in [1.165, 1.54) is 0 Å². The molecule has 2 fully saturated rings. The fourth-order valence-electron chi connectivity index (χ4n) is 6.12. The van der Waals surface area contributed by atoms with Gasteiger partial charge in [-0.2, -0.15) is 4.98 Å². The van der Waals surface area contributed by atoms with Crippen molar-refractivity contribution < 1.29 is 19.4 Å². The lowest BCUT2D eigenvalue weighted by Crippen LogP contribution is -2.60. The van der Waals surface area contributed by atoms with Crippen LogP contribution in [-0.4, -0.2) is 82.9 Å². The third kappa shape index (κ3) is 6.50. The van der Waals surface area contributed by atoms with E-state index in [1.807, 2.05) is 20.8 Å². The monoisotopic (exact) mass is 530 g/mol. The number of hydrogen-bond donors (Lipinski definition) is 3. The van der Waals surface area contributed by atoms with Crippen LogP contribution in [0.4, 0.5) is 16.6 Å². The number of hydrogen-bond acceptors (Lipinski definition) is 8. The van der Waals surface area contributed by atoms with Gasteiger partial charge in [-0.05, 0) is 65.2 Å². The summed E-state index contributed by atoms with van der Waals surface area (Å²) in [6, 6.07) is -0.140. The Balaban J connectivity index is 1.56. The number of likely N-dealkylation sites (tertiary alicyclic amines) is 1. The lowest BCUT2D eigenvalue weighted by atomic mass is 9.78. The second-order valence-corrected chi connectivity index (χ2v) is 12.9. The second kappa shape index (κ2) is 11.2. The van der Waals surface area contributed by atoms with Crippen LogP contribution in [0.1, 0.15) is 78.0 Å². The third-order valence-electron chi connectivity index (χ3n) is 7.77. The number of aliphatic hydroxyl groups excluding tert-OH is 1. The largest absolute Gasteiger partial charge is 0.444 e. The van der Waals surface area contributed by atoms with Crippen molar-refractivity contribution >= 4 is 23.8 Å². The Labute approximate surface area is 226 Å². The number of aryl methyl sites for hydroxylation is 1. The lowest BCUT2D eigenvalue weighted by molar-refractivity contribution is -0.120. The maximum Gasteiger partial charge on any atom is 0.410 e. The number of nitrogens with zero attached hydrogens (tertiary/aromatic N) is 4. The first kappa shape index (κ1) is 28.4. The highest BCUT2D eigenvalue weighted by Gasteiger charge is 2.54. The number of ether oxygens (including phenoxy) is 1. The highest BCUT2D eigenvalue weighted by atomic mass is 16.6. The summed E-state index contributed by atoms with van der Waals surface area (Å²) >= 11 is 0. The summed E-state index contributed by atoms with van der Waals surface area (Å²) in [5, 5.41) is 16.7. The third-order valence-corrected chi connectivity index (χ3v) is 7.77. The van der Waals surface area contributed by atoms with Gasteiger partial charge in [0.1, 0.15) is 11.4 Å². The quantitative estimate of drug-likeness (QED) is 0.469.